The van der Waals surface area contributed by atoms with Gasteiger partial charge in [-0.1, -0.05) is 11.6 Å². The van der Waals surface area contributed by atoms with Gasteiger partial charge in [0.25, 0.3) is 0 Å². The van der Waals surface area contributed by atoms with Gasteiger partial charge in [0.1, 0.15) is 5.00 Å². The molecule has 1 aromatic rings. The lowest BCUT2D eigenvalue weighted by atomic mass is 10.4. The van der Waals surface area contributed by atoms with Crippen LogP contribution >= 0.6 is 22.9 Å². The average molecular weight is 217 g/mol. The molecule has 13 heavy (non-hydrogen) atoms. The summed E-state index contributed by atoms with van der Waals surface area (Å²) in [5.74, 6) is 0. The zero-order valence-electron chi connectivity index (χ0n) is 7.42. The van der Waals surface area contributed by atoms with Crippen molar-refractivity contribution < 1.29 is 0 Å². The molecule has 2 heterocycles. The Balaban J connectivity index is 2.10. The standard InChI is InChI=1S/C9H13ClN2S/c10-8-2-7-13-9(8)12-5-1-3-11-4-6-12/h2,7,11H,1,3-6H2. The summed E-state index contributed by atoms with van der Waals surface area (Å²) in [6.45, 7) is 4.38. The van der Waals surface area contributed by atoms with Gasteiger partial charge < -0.3 is 10.2 Å². The number of nitrogens with zero attached hydrogens (tertiary/aromatic N) is 1. The Bertz CT molecular complexity index is 266. The SMILES string of the molecule is Clc1ccsc1N1CCCNCC1. The molecule has 1 aliphatic heterocycles. The highest BCUT2D eigenvalue weighted by Gasteiger charge is 2.12. The average Bonchev–Trinajstić information content (AvgIpc) is 2.43. The molecular weight excluding hydrogens is 204 g/mol. The van der Waals surface area contributed by atoms with E-state index in [1.165, 1.54) is 11.4 Å². The van der Waals surface area contributed by atoms with Crippen LogP contribution < -0.4 is 10.2 Å². The Labute approximate surface area is 87.5 Å². The molecule has 0 unspecified atom stereocenters. The molecule has 4 heteroatoms. The summed E-state index contributed by atoms with van der Waals surface area (Å²) in [4.78, 5) is 2.37. The van der Waals surface area contributed by atoms with Gasteiger partial charge in [0.2, 0.25) is 0 Å². The molecule has 1 fully saturated rings. The van der Waals surface area contributed by atoms with Crippen molar-refractivity contribution >= 4 is 27.9 Å². The van der Waals surface area contributed by atoms with Gasteiger partial charge in [0.05, 0.1) is 5.02 Å². The zero-order valence-corrected chi connectivity index (χ0v) is 9.00. The third kappa shape index (κ3) is 2.16. The summed E-state index contributed by atoms with van der Waals surface area (Å²) >= 11 is 7.81. The smallest absolute Gasteiger partial charge is 0.110 e. The van der Waals surface area contributed by atoms with E-state index in [2.05, 4.69) is 15.6 Å². The van der Waals surface area contributed by atoms with Crippen molar-refractivity contribution in [1.82, 2.24) is 5.32 Å². The van der Waals surface area contributed by atoms with Crippen molar-refractivity contribution in [2.75, 3.05) is 31.1 Å². The molecule has 1 N–H and O–H groups in total. The summed E-state index contributed by atoms with van der Waals surface area (Å²) in [6, 6.07) is 1.97. The number of halogens is 1. The Morgan fingerprint density at radius 3 is 3.08 bits per heavy atom. The zero-order chi connectivity index (χ0) is 9.10. The summed E-state index contributed by atoms with van der Waals surface area (Å²) in [5.41, 5.74) is 0. The molecule has 2 rings (SSSR count). The molecule has 0 aromatic carbocycles. The predicted octanol–water partition coefficient (Wildman–Crippen LogP) is 2.20. The number of hydrogen-bond acceptors (Lipinski definition) is 3. The van der Waals surface area contributed by atoms with Crippen molar-refractivity contribution in [2.45, 2.75) is 6.42 Å². The number of hydrogen-bond donors (Lipinski definition) is 1. The van der Waals surface area contributed by atoms with Crippen LogP contribution in [-0.4, -0.2) is 26.2 Å². The molecule has 1 saturated heterocycles. The van der Waals surface area contributed by atoms with Gasteiger partial charge >= 0.3 is 0 Å². The number of nitrogens with one attached hydrogen (secondary N) is 1. The quantitative estimate of drug-likeness (QED) is 0.775. The first-order chi connectivity index (χ1) is 6.38. The fraction of sp³-hybridized carbons (Fsp3) is 0.556. The highest BCUT2D eigenvalue weighted by atomic mass is 35.5. The molecule has 72 valence electrons. The molecule has 0 atom stereocenters. The molecular formula is C9H13ClN2S. The van der Waals surface area contributed by atoms with Gasteiger partial charge in [-0.3, -0.25) is 0 Å². The van der Waals surface area contributed by atoms with Crippen molar-refractivity contribution in [3.05, 3.63) is 16.5 Å². The van der Waals surface area contributed by atoms with Crippen LogP contribution in [0.3, 0.4) is 0 Å². The first-order valence-electron chi connectivity index (χ1n) is 4.56. The number of anilines is 1. The Morgan fingerprint density at radius 2 is 2.31 bits per heavy atom. The van der Waals surface area contributed by atoms with Crippen LogP contribution in [-0.2, 0) is 0 Å². The second kappa shape index (κ2) is 4.31. The molecule has 2 nitrogen and oxygen atoms in total. The summed E-state index contributed by atoms with van der Waals surface area (Å²) < 4.78 is 0. The lowest BCUT2D eigenvalue weighted by molar-refractivity contribution is 0.724. The van der Waals surface area contributed by atoms with E-state index in [1.807, 2.05) is 6.07 Å². The van der Waals surface area contributed by atoms with Gasteiger partial charge in [-0.15, -0.1) is 11.3 Å². The minimum atomic E-state index is 0.895. The Kier molecular flexibility index (Phi) is 3.09. The minimum absolute atomic E-state index is 0.895. The highest BCUT2D eigenvalue weighted by Crippen LogP contribution is 2.31. The minimum Gasteiger partial charge on any atom is -0.361 e. The van der Waals surface area contributed by atoms with Crippen LogP contribution in [0.2, 0.25) is 5.02 Å². The van der Waals surface area contributed by atoms with Gasteiger partial charge in [0.15, 0.2) is 0 Å². The van der Waals surface area contributed by atoms with E-state index in [1.54, 1.807) is 11.3 Å². The van der Waals surface area contributed by atoms with Crippen LogP contribution in [0.25, 0.3) is 0 Å². The van der Waals surface area contributed by atoms with E-state index in [4.69, 9.17) is 11.6 Å². The van der Waals surface area contributed by atoms with Gasteiger partial charge in [-0.05, 0) is 24.4 Å². The van der Waals surface area contributed by atoms with E-state index in [0.29, 0.717) is 0 Å². The number of rotatable bonds is 1. The lowest BCUT2D eigenvalue weighted by Crippen LogP contribution is -2.27. The second-order valence-electron chi connectivity index (χ2n) is 3.16. The van der Waals surface area contributed by atoms with Crippen LogP contribution in [0.15, 0.2) is 11.4 Å². The van der Waals surface area contributed by atoms with Crippen LogP contribution in [0.5, 0.6) is 0 Å². The molecule has 1 aliphatic rings. The summed E-state index contributed by atoms with van der Waals surface area (Å²) in [6.07, 6.45) is 1.20. The van der Waals surface area contributed by atoms with Crippen LogP contribution in [0, 0.1) is 0 Å². The van der Waals surface area contributed by atoms with Crippen molar-refractivity contribution in [1.29, 1.82) is 0 Å². The van der Waals surface area contributed by atoms with E-state index in [9.17, 15) is 0 Å². The monoisotopic (exact) mass is 216 g/mol. The predicted molar refractivity (Wildman–Crippen MR) is 59.0 cm³/mol. The maximum atomic E-state index is 6.07. The molecule has 0 bridgehead atoms. The molecule has 0 saturated carbocycles. The largest absolute Gasteiger partial charge is 0.361 e. The maximum Gasteiger partial charge on any atom is 0.110 e. The van der Waals surface area contributed by atoms with E-state index < -0.39 is 0 Å². The van der Waals surface area contributed by atoms with Crippen LogP contribution in [0.4, 0.5) is 5.00 Å². The van der Waals surface area contributed by atoms with E-state index in [-0.39, 0.29) is 0 Å². The van der Waals surface area contributed by atoms with Crippen molar-refractivity contribution in [3.8, 4) is 0 Å². The Hall–Kier alpha value is -0.250. The van der Waals surface area contributed by atoms with Crippen LogP contribution in [0.1, 0.15) is 6.42 Å². The fourth-order valence-electron chi connectivity index (χ4n) is 1.56. The number of thiophene rings is 1. The molecule has 1 aromatic heterocycles. The maximum absolute atomic E-state index is 6.07. The van der Waals surface area contributed by atoms with Gasteiger partial charge in [-0.25, -0.2) is 0 Å². The van der Waals surface area contributed by atoms with E-state index >= 15 is 0 Å². The van der Waals surface area contributed by atoms with Gasteiger partial charge in [-0.2, -0.15) is 0 Å². The Morgan fingerprint density at radius 1 is 1.38 bits per heavy atom. The molecule has 0 radical (unpaired) electrons. The van der Waals surface area contributed by atoms with Gasteiger partial charge in [0, 0.05) is 19.6 Å². The summed E-state index contributed by atoms with van der Waals surface area (Å²) in [7, 11) is 0. The third-order valence-corrected chi connectivity index (χ3v) is 3.62. The van der Waals surface area contributed by atoms with E-state index in [0.717, 1.165) is 31.2 Å². The lowest BCUT2D eigenvalue weighted by Gasteiger charge is -2.20. The first kappa shape index (κ1) is 9.31. The summed E-state index contributed by atoms with van der Waals surface area (Å²) in [5, 5.41) is 7.55. The molecule has 0 spiro atoms. The second-order valence-corrected chi connectivity index (χ2v) is 4.47. The first-order valence-corrected chi connectivity index (χ1v) is 5.82. The van der Waals surface area contributed by atoms with Crippen molar-refractivity contribution in [2.24, 2.45) is 0 Å². The molecule has 0 amide bonds. The normalized spacial score (nSPS) is 18.7. The fourth-order valence-corrected chi connectivity index (χ4v) is 2.80. The third-order valence-electron chi connectivity index (χ3n) is 2.23. The molecule has 0 aliphatic carbocycles. The highest BCUT2D eigenvalue weighted by molar-refractivity contribution is 7.15. The topological polar surface area (TPSA) is 15.3 Å². The van der Waals surface area contributed by atoms with Crippen molar-refractivity contribution in [3.63, 3.8) is 0 Å².